The van der Waals surface area contributed by atoms with Gasteiger partial charge in [-0.25, -0.2) is 13.0 Å². The zero-order chi connectivity index (χ0) is 23.6. The number of piperazine rings is 1. The van der Waals surface area contributed by atoms with Gasteiger partial charge in [-0.15, -0.1) is 0 Å². The first kappa shape index (κ1) is 24.1. The summed E-state index contributed by atoms with van der Waals surface area (Å²) in [5.74, 6) is -1.53. The molecule has 174 valence electrons. The van der Waals surface area contributed by atoms with Crippen molar-refractivity contribution in [3.63, 3.8) is 0 Å². The van der Waals surface area contributed by atoms with Crippen molar-refractivity contribution in [3.8, 4) is 0 Å². The quantitative estimate of drug-likeness (QED) is 0.649. The van der Waals surface area contributed by atoms with Crippen LogP contribution in [0.1, 0.15) is 37.6 Å². The molecule has 0 radical (unpaired) electrons. The number of allylic oxidation sites excluding steroid dienone is 3. The summed E-state index contributed by atoms with van der Waals surface area (Å²) in [5, 5.41) is 0. The van der Waals surface area contributed by atoms with Crippen LogP contribution in [0.5, 0.6) is 0 Å². The van der Waals surface area contributed by atoms with E-state index in [1.807, 2.05) is 25.5 Å². The molecule has 1 aliphatic carbocycles. The Kier molecular flexibility index (Phi) is 7.14. The molecule has 1 aliphatic heterocycles. The van der Waals surface area contributed by atoms with E-state index >= 15 is 0 Å². The number of carbonyl (C=O) groups is 2. The number of halogens is 2. The van der Waals surface area contributed by atoms with Crippen LogP contribution in [0.2, 0.25) is 0 Å². The monoisotopic (exact) mass is 467 g/mol. The first-order chi connectivity index (χ1) is 15.0. The molecule has 3 rings (SSSR count). The number of hydrogen-bond acceptors (Lipinski definition) is 3. The smallest absolute Gasteiger partial charge is 0.259 e. The van der Waals surface area contributed by atoms with Gasteiger partial charge in [0.1, 0.15) is 11.6 Å². The van der Waals surface area contributed by atoms with Gasteiger partial charge in [-0.1, -0.05) is 18.6 Å². The first-order valence-corrected chi connectivity index (χ1v) is 11.4. The van der Waals surface area contributed by atoms with E-state index in [0.717, 1.165) is 11.6 Å². The molecule has 1 aromatic rings. The summed E-state index contributed by atoms with van der Waals surface area (Å²) in [7, 11) is 0. The molecule has 10 heteroatoms. The van der Waals surface area contributed by atoms with Gasteiger partial charge in [-0.3, -0.25) is 18.9 Å². The minimum Gasteiger partial charge on any atom is -0.338 e. The third-order valence-corrected chi connectivity index (χ3v) is 6.39. The van der Waals surface area contributed by atoms with Crippen LogP contribution in [-0.4, -0.2) is 56.6 Å². The van der Waals surface area contributed by atoms with Gasteiger partial charge in [0.25, 0.3) is 17.2 Å². The first-order valence-electron chi connectivity index (χ1n) is 10.3. The van der Waals surface area contributed by atoms with Crippen LogP contribution in [0.3, 0.4) is 0 Å². The average Bonchev–Trinajstić information content (AvgIpc) is 2.73. The molecule has 2 amide bonds. The highest BCUT2D eigenvalue weighted by atomic mass is 32.2. The van der Waals surface area contributed by atoms with Crippen molar-refractivity contribution >= 4 is 28.8 Å². The molecule has 2 atom stereocenters. The van der Waals surface area contributed by atoms with Gasteiger partial charge in [0.2, 0.25) is 5.91 Å². The standard InChI is InChI=1S/C22H27F2N3O4S/c1-14-12-16(23)5-6-17(14)22(2,3)21(29)27-10-8-26(9-11-27)20(28)15-4-7-19(18(24)13-15)25-32(30)31/h4-7,13-14,25H,8-12H2,1-3H3,(H,30,31). The molecule has 0 aromatic heterocycles. The van der Waals surface area contributed by atoms with Crippen LogP contribution in [0.4, 0.5) is 14.5 Å². The highest BCUT2D eigenvalue weighted by Gasteiger charge is 2.39. The minimum atomic E-state index is -2.42. The van der Waals surface area contributed by atoms with Crippen LogP contribution >= 0.6 is 0 Å². The van der Waals surface area contributed by atoms with Gasteiger partial charge in [-0.05, 0) is 44.0 Å². The largest absolute Gasteiger partial charge is 0.338 e. The zero-order valence-corrected chi connectivity index (χ0v) is 19.0. The van der Waals surface area contributed by atoms with Gasteiger partial charge in [0, 0.05) is 38.2 Å². The predicted molar refractivity (Wildman–Crippen MR) is 118 cm³/mol. The lowest BCUT2D eigenvalue weighted by atomic mass is 9.73. The van der Waals surface area contributed by atoms with Gasteiger partial charge in [0.15, 0.2) is 0 Å². The fourth-order valence-corrected chi connectivity index (χ4v) is 4.63. The summed E-state index contributed by atoms with van der Waals surface area (Å²) in [6, 6.07) is 3.63. The predicted octanol–water partition coefficient (Wildman–Crippen LogP) is 3.50. The molecule has 2 aliphatic rings. The molecule has 32 heavy (non-hydrogen) atoms. The van der Waals surface area contributed by atoms with Crippen LogP contribution in [-0.2, 0) is 16.1 Å². The normalized spacial score (nSPS) is 20.4. The second-order valence-corrected chi connectivity index (χ2v) is 9.30. The van der Waals surface area contributed by atoms with E-state index in [9.17, 15) is 22.6 Å². The maximum Gasteiger partial charge on any atom is 0.259 e. The second kappa shape index (κ2) is 9.50. The molecule has 0 spiro atoms. The fourth-order valence-electron chi connectivity index (χ4n) is 4.28. The molecule has 7 nitrogen and oxygen atoms in total. The maximum atomic E-state index is 14.1. The van der Waals surface area contributed by atoms with Crippen LogP contribution in [0, 0.1) is 17.2 Å². The number of nitrogens with zero attached hydrogens (tertiary/aromatic N) is 2. The van der Waals surface area contributed by atoms with Gasteiger partial charge in [-0.2, -0.15) is 0 Å². The number of carbonyl (C=O) groups excluding carboxylic acids is 2. The van der Waals surface area contributed by atoms with Crippen molar-refractivity contribution < 1.29 is 27.1 Å². The molecule has 0 saturated carbocycles. The Bertz CT molecular complexity index is 1000. The lowest BCUT2D eigenvalue weighted by molar-refractivity contribution is -0.140. The van der Waals surface area contributed by atoms with Crippen molar-refractivity contribution in [1.82, 2.24) is 9.80 Å². The molecular weight excluding hydrogens is 440 g/mol. The van der Waals surface area contributed by atoms with Crippen molar-refractivity contribution in [3.05, 3.63) is 53.1 Å². The number of benzene rings is 1. The average molecular weight is 468 g/mol. The van der Waals surface area contributed by atoms with Crippen molar-refractivity contribution in [2.45, 2.75) is 27.2 Å². The molecule has 2 unspecified atom stereocenters. The summed E-state index contributed by atoms with van der Waals surface area (Å²) in [6.07, 6.45) is 3.39. The van der Waals surface area contributed by atoms with Crippen molar-refractivity contribution in [2.75, 3.05) is 30.9 Å². The number of anilines is 1. The molecule has 0 bridgehead atoms. The Morgan fingerprint density at radius 2 is 1.75 bits per heavy atom. The summed E-state index contributed by atoms with van der Waals surface area (Å²) in [4.78, 5) is 29.2. The van der Waals surface area contributed by atoms with Crippen molar-refractivity contribution in [1.29, 1.82) is 0 Å². The topological polar surface area (TPSA) is 90.0 Å². The third-order valence-electron chi connectivity index (χ3n) is 6.00. The number of hydrogen-bond donors (Lipinski definition) is 2. The Balaban J connectivity index is 1.64. The lowest BCUT2D eigenvalue weighted by Crippen LogP contribution is -2.54. The Labute approximate surface area is 188 Å². The van der Waals surface area contributed by atoms with E-state index in [2.05, 4.69) is 0 Å². The summed E-state index contributed by atoms with van der Waals surface area (Å²) >= 11 is -2.42. The summed E-state index contributed by atoms with van der Waals surface area (Å²) in [6.45, 7) is 6.85. The zero-order valence-electron chi connectivity index (χ0n) is 18.2. The van der Waals surface area contributed by atoms with Crippen LogP contribution < -0.4 is 4.72 Å². The molecule has 1 saturated heterocycles. The fraction of sp³-hybridized carbons (Fsp3) is 0.455. The van der Waals surface area contributed by atoms with E-state index in [0.29, 0.717) is 26.2 Å². The molecule has 1 heterocycles. The number of nitrogens with one attached hydrogen (secondary N) is 1. The summed E-state index contributed by atoms with van der Waals surface area (Å²) in [5.41, 5.74) is 0.0323. The van der Waals surface area contributed by atoms with E-state index < -0.39 is 22.5 Å². The Morgan fingerprint density at radius 1 is 1.12 bits per heavy atom. The maximum absolute atomic E-state index is 14.1. The van der Waals surface area contributed by atoms with Crippen LogP contribution in [0.25, 0.3) is 0 Å². The highest BCUT2D eigenvalue weighted by Crippen LogP contribution is 2.39. The highest BCUT2D eigenvalue weighted by molar-refractivity contribution is 7.80. The second-order valence-electron chi connectivity index (χ2n) is 8.60. The Morgan fingerprint density at radius 3 is 2.31 bits per heavy atom. The van der Waals surface area contributed by atoms with Crippen molar-refractivity contribution in [2.24, 2.45) is 11.3 Å². The van der Waals surface area contributed by atoms with Gasteiger partial charge < -0.3 is 9.80 Å². The van der Waals surface area contributed by atoms with E-state index in [1.165, 1.54) is 18.2 Å². The van der Waals surface area contributed by atoms with Crippen LogP contribution in [0.15, 0.2) is 41.8 Å². The SMILES string of the molecule is CC1CC(F)=CC=C1C(C)(C)C(=O)N1CCN(C(=O)c2ccc(NS(=O)O)c(F)c2)CC1. The van der Waals surface area contributed by atoms with E-state index in [-0.39, 0.29) is 41.2 Å². The molecule has 1 fully saturated rings. The molecule has 1 aromatic carbocycles. The molecular formula is C22H27F2N3O4S. The van der Waals surface area contributed by atoms with Gasteiger partial charge >= 0.3 is 0 Å². The lowest BCUT2D eigenvalue weighted by Gasteiger charge is -2.40. The number of amides is 2. The summed E-state index contributed by atoms with van der Waals surface area (Å²) < 4.78 is 49.3. The molecule has 2 N–H and O–H groups in total. The Hall–Kier alpha value is -2.59. The van der Waals surface area contributed by atoms with E-state index in [4.69, 9.17) is 4.55 Å². The number of rotatable bonds is 5. The van der Waals surface area contributed by atoms with E-state index in [1.54, 1.807) is 15.9 Å². The van der Waals surface area contributed by atoms with Gasteiger partial charge in [0.05, 0.1) is 11.1 Å². The minimum absolute atomic E-state index is 0.0718. The third kappa shape index (κ3) is 5.07.